The van der Waals surface area contributed by atoms with Crippen molar-refractivity contribution in [2.24, 2.45) is 13.0 Å². The smallest absolute Gasteiger partial charge is 0.254 e. The summed E-state index contributed by atoms with van der Waals surface area (Å²) < 4.78 is 1.99. The van der Waals surface area contributed by atoms with Crippen LogP contribution in [0.3, 0.4) is 0 Å². The molecule has 36 heavy (non-hydrogen) atoms. The Hall–Kier alpha value is -3.98. The highest BCUT2D eigenvalue weighted by molar-refractivity contribution is 6.06. The van der Waals surface area contributed by atoms with Gasteiger partial charge in [0.25, 0.3) is 5.91 Å². The van der Waals surface area contributed by atoms with Gasteiger partial charge in [-0.1, -0.05) is 0 Å². The molecule has 2 atom stereocenters. The molecule has 9 heteroatoms. The van der Waals surface area contributed by atoms with Gasteiger partial charge in [-0.25, -0.2) is 9.97 Å². The van der Waals surface area contributed by atoms with Gasteiger partial charge in [0.1, 0.15) is 17.3 Å². The van der Waals surface area contributed by atoms with Crippen LogP contribution in [0.1, 0.15) is 27.9 Å². The van der Waals surface area contributed by atoms with E-state index in [1.54, 1.807) is 12.4 Å². The molecule has 182 valence electrons. The second-order valence-corrected chi connectivity index (χ2v) is 10.1. The summed E-state index contributed by atoms with van der Waals surface area (Å²) in [7, 11) is 1.98. The van der Waals surface area contributed by atoms with Crippen LogP contribution in [-0.2, 0) is 13.6 Å². The Balaban J connectivity index is 1.27. The maximum atomic E-state index is 13.0. The molecule has 0 aliphatic carbocycles. The quantitative estimate of drug-likeness (QED) is 0.413. The third kappa shape index (κ3) is 3.26. The van der Waals surface area contributed by atoms with E-state index in [-0.39, 0.29) is 5.91 Å². The van der Waals surface area contributed by atoms with Crippen molar-refractivity contribution in [2.45, 2.75) is 25.9 Å². The number of pyridine rings is 3. The van der Waals surface area contributed by atoms with Gasteiger partial charge in [-0.2, -0.15) is 0 Å². The molecule has 2 fully saturated rings. The van der Waals surface area contributed by atoms with Crippen LogP contribution in [-0.4, -0.2) is 51.1 Å². The van der Waals surface area contributed by atoms with Crippen molar-refractivity contribution in [2.75, 3.05) is 29.9 Å². The summed E-state index contributed by atoms with van der Waals surface area (Å²) >= 11 is 0. The van der Waals surface area contributed by atoms with Gasteiger partial charge in [0.05, 0.1) is 23.1 Å². The molecule has 3 aliphatic rings. The molecule has 4 aromatic heterocycles. The number of nitrogens with one attached hydrogen (secondary N) is 3. The summed E-state index contributed by atoms with van der Waals surface area (Å²) in [4.78, 5) is 29.7. The first-order chi connectivity index (χ1) is 17.6. The van der Waals surface area contributed by atoms with Gasteiger partial charge >= 0.3 is 0 Å². The van der Waals surface area contributed by atoms with Crippen LogP contribution in [0.4, 0.5) is 17.3 Å². The second-order valence-electron chi connectivity index (χ2n) is 10.1. The minimum absolute atomic E-state index is 0.0956. The van der Waals surface area contributed by atoms with E-state index in [0.29, 0.717) is 29.8 Å². The average Bonchev–Trinajstić information content (AvgIpc) is 3.64. The second kappa shape index (κ2) is 8.03. The van der Waals surface area contributed by atoms with Gasteiger partial charge in [0.2, 0.25) is 0 Å². The average molecular weight is 481 g/mol. The molecule has 9 nitrogen and oxygen atoms in total. The zero-order valence-electron chi connectivity index (χ0n) is 20.4. The molecule has 3 aliphatic heterocycles. The first-order valence-corrected chi connectivity index (χ1v) is 12.5. The van der Waals surface area contributed by atoms with Crippen LogP contribution in [0.25, 0.3) is 22.3 Å². The standard InChI is InChI=1S/C27H28N8O/c1-15-9-22(33-23(10-15)35-8-4-16-11-28-14-21(16)35)32-20-13-30-25(19-12-31-27(36)24(19)20)17-3-6-29-26-18(17)5-7-34(26)2/h3,5-7,9-10,13,16,21,28H,4,8,11-12,14H2,1-2H3,(H,31,36)(H,32,33)/t16-,21+/m0/s1. The summed E-state index contributed by atoms with van der Waals surface area (Å²) in [6, 6.07) is 8.68. The Labute approximate surface area is 209 Å². The van der Waals surface area contributed by atoms with Crippen molar-refractivity contribution in [1.29, 1.82) is 0 Å². The molecule has 0 radical (unpaired) electrons. The highest BCUT2D eigenvalue weighted by Gasteiger charge is 2.38. The predicted molar refractivity (Wildman–Crippen MR) is 139 cm³/mol. The van der Waals surface area contributed by atoms with Gasteiger partial charge in [-0.3, -0.25) is 9.78 Å². The fourth-order valence-corrected chi connectivity index (χ4v) is 6.07. The number of rotatable bonds is 4. The molecule has 2 saturated heterocycles. The van der Waals surface area contributed by atoms with Crippen LogP contribution in [0.2, 0.25) is 0 Å². The maximum absolute atomic E-state index is 13.0. The zero-order chi connectivity index (χ0) is 24.4. The van der Waals surface area contributed by atoms with E-state index < -0.39 is 0 Å². The summed E-state index contributed by atoms with van der Waals surface area (Å²) in [6.45, 7) is 5.65. The van der Waals surface area contributed by atoms with E-state index in [2.05, 4.69) is 38.8 Å². The third-order valence-corrected chi connectivity index (χ3v) is 7.81. The van der Waals surface area contributed by atoms with Gasteiger partial charge in [0, 0.05) is 68.2 Å². The molecule has 1 amide bonds. The molecule has 7 heterocycles. The summed E-state index contributed by atoms with van der Waals surface area (Å²) in [6.07, 6.45) is 6.73. The van der Waals surface area contributed by atoms with Crippen LogP contribution < -0.4 is 20.9 Å². The number of hydrogen-bond acceptors (Lipinski definition) is 7. The number of aromatic nitrogens is 4. The van der Waals surface area contributed by atoms with Crippen molar-refractivity contribution in [3.63, 3.8) is 0 Å². The molecule has 0 aromatic carbocycles. The highest BCUT2D eigenvalue weighted by Crippen LogP contribution is 2.37. The Bertz CT molecular complexity index is 1530. The Morgan fingerprint density at radius 1 is 1.17 bits per heavy atom. The Morgan fingerprint density at radius 2 is 2.08 bits per heavy atom. The normalized spacial score (nSPS) is 20.6. The van der Waals surface area contributed by atoms with Crippen LogP contribution in [0.5, 0.6) is 0 Å². The predicted octanol–water partition coefficient (Wildman–Crippen LogP) is 3.12. The number of hydrogen-bond donors (Lipinski definition) is 3. The molecular formula is C27H28N8O. The van der Waals surface area contributed by atoms with Crippen LogP contribution in [0.15, 0.2) is 42.9 Å². The van der Waals surface area contributed by atoms with E-state index in [9.17, 15) is 4.79 Å². The maximum Gasteiger partial charge on any atom is 0.254 e. The highest BCUT2D eigenvalue weighted by atomic mass is 16.1. The number of carbonyl (C=O) groups excluding carboxylic acids is 1. The van der Waals surface area contributed by atoms with E-state index in [1.807, 2.05) is 36.0 Å². The summed E-state index contributed by atoms with van der Waals surface area (Å²) in [5.74, 6) is 2.31. The van der Waals surface area contributed by atoms with Crippen LogP contribution in [0, 0.1) is 12.8 Å². The van der Waals surface area contributed by atoms with Crippen LogP contribution >= 0.6 is 0 Å². The molecular weight excluding hydrogens is 452 g/mol. The molecule has 0 spiro atoms. The fourth-order valence-electron chi connectivity index (χ4n) is 6.07. The largest absolute Gasteiger partial charge is 0.352 e. The minimum atomic E-state index is -0.0956. The SMILES string of the molecule is Cc1cc(Nc2cnc(-c3ccnc4c3ccn4C)c3c2C(=O)NC3)nc(N2CC[C@H]3CNC[C@H]32)c1. The summed E-state index contributed by atoms with van der Waals surface area (Å²) in [5, 5.41) is 11.0. The van der Waals surface area contributed by atoms with Crippen molar-refractivity contribution < 1.29 is 4.79 Å². The molecule has 7 rings (SSSR count). The number of fused-ring (bicyclic) bond motifs is 3. The van der Waals surface area contributed by atoms with E-state index in [1.165, 1.54) is 6.42 Å². The van der Waals surface area contributed by atoms with Crippen molar-refractivity contribution >= 4 is 34.3 Å². The molecule has 4 aromatic rings. The van der Waals surface area contributed by atoms with Crippen molar-refractivity contribution in [3.8, 4) is 11.3 Å². The topological polar surface area (TPSA) is 100 Å². The summed E-state index contributed by atoms with van der Waals surface area (Å²) in [5.41, 5.74) is 6.01. The lowest BCUT2D eigenvalue weighted by atomic mass is 10.0. The van der Waals surface area contributed by atoms with E-state index in [0.717, 1.165) is 64.7 Å². The number of aryl methyl sites for hydroxylation is 2. The Morgan fingerprint density at radius 3 is 3.00 bits per heavy atom. The van der Waals surface area contributed by atoms with Gasteiger partial charge < -0.3 is 25.4 Å². The monoisotopic (exact) mass is 480 g/mol. The molecule has 0 unspecified atom stereocenters. The van der Waals surface area contributed by atoms with Gasteiger partial charge in [-0.15, -0.1) is 0 Å². The lowest BCUT2D eigenvalue weighted by molar-refractivity contribution is 0.0966. The number of carbonyl (C=O) groups is 1. The van der Waals surface area contributed by atoms with Gasteiger partial charge in [-0.05, 0) is 49.1 Å². The number of nitrogens with zero attached hydrogens (tertiary/aromatic N) is 5. The molecule has 3 N–H and O–H groups in total. The minimum Gasteiger partial charge on any atom is -0.352 e. The zero-order valence-corrected chi connectivity index (χ0v) is 20.4. The molecule has 0 saturated carbocycles. The third-order valence-electron chi connectivity index (χ3n) is 7.81. The van der Waals surface area contributed by atoms with Crippen molar-refractivity contribution in [3.05, 3.63) is 59.5 Å². The first-order valence-electron chi connectivity index (χ1n) is 12.5. The number of amides is 1. The van der Waals surface area contributed by atoms with E-state index in [4.69, 9.17) is 9.97 Å². The molecule has 0 bridgehead atoms. The Kier molecular flexibility index (Phi) is 4.75. The lowest BCUT2D eigenvalue weighted by Gasteiger charge is -2.25. The van der Waals surface area contributed by atoms with E-state index >= 15 is 0 Å². The first kappa shape index (κ1) is 21.3. The lowest BCUT2D eigenvalue weighted by Crippen LogP contribution is -2.34. The number of anilines is 3. The van der Waals surface area contributed by atoms with Gasteiger partial charge in [0.15, 0.2) is 0 Å². The fraction of sp³-hybridized carbons (Fsp3) is 0.333. The van der Waals surface area contributed by atoms with Crippen molar-refractivity contribution in [1.82, 2.24) is 30.2 Å².